The van der Waals surface area contributed by atoms with E-state index in [0.29, 0.717) is 11.2 Å². The van der Waals surface area contributed by atoms with Crippen LogP contribution in [0.25, 0.3) is 11.2 Å². The Morgan fingerprint density at radius 1 is 1.35 bits per heavy atom. The number of imidazole rings is 1. The van der Waals surface area contributed by atoms with Gasteiger partial charge in [0.05, 0.1) is 12.9 Å². The fourth-order valence-corrected chi connectivity index (χ4v) is 2.63. The Labute approximate surface area is 148 Å². The summed E-state index contributed by atoms with van der Waals surface area (Å²) in [7, 11) is 0. The van der Waals surface area contributed by atoms with Crippen molar-refractivity contribution >= 4 is 23.0 Å². The van der Waals surface area contributed by atoms with Crippen LogP contribution < -0.4 is 5.73 Å². The van der Waals surface area contributed by atoms with E-state index >= 15 is 0 Å². The Kier molecular flexibility index (Phi) is 5.26. The van der Waals surface area contributed by atoms with Gasteiger partial charge in [0.1, 0.15) is 30.2 Å². The van der Waals surface area contributed by atoms with E-state index in [1.165, 1.54) is 41.5 Å². The van der Waals surface area contributed by atoms with Crippen LogP contribution in [0.1, 0.15) is 13.2 Å². The van der Waals surface area contributed by atoms with Crippen LogP contribution in [0.3, 0.4) is 0 Å². The first-order chi connectivity index (χ1) is 12.5. The number of hydrogen-bond donors (Lipinski definition) is 3. The quantitative estimate of drug-likeness (QED) is 0.371. The summed E-state index contributed by atoms with van der Waals surface area (Å²) >= 11 is 0. The molecule has 0 amide bonds. The molecule has 0 aromatic carbocycles. The van der Waals surface area contributed by atoms with Crippen molar-refractivity contribution in [3.8, 4) is 0 Å². The Hall–Kier alpha value is -2.82. The van der Waals surface area contributed by atoms with Crippen LogP contribution in [0, 0.1) is 0 Å². The van der Waals surface area contributed by atoms with Crippen molar-refractivity contribution in [1.82, 2.24) is 19.5 Å². The number of allylic oxidation sites excluding steroid dienone is 2. The highest BCUT2D eigenvalue weighted by Gasteiger charge is 2.43. The summed E-state index contributed by atoms with van der Waals surface area (Å²) in [6, 6.07) is 0. The molecule has 4 atom stereocenters. The van der Waals surface area contributed by atoms with Gasteiger partial charge in [-0.15, -0.1) is 0 Å². The number of rotatable bonds is 5. The van der Waals surface area contributed by atoms with Gasteiger partial charge in [0.25, 0.3) is 0 Å². The monoisotopic (exact) mass is 361 g/mol. The average molecular weight is 361 g/mol. The van der Waals surface area contributed by atoms with Crippen LogP contribution in [0.5, 0.6) is 0 Å². The number of ether oxygens (including phenoxy) is 2. The third kappa shape index (κ3) is 3.43. The molecular formula is C16H19N5O5. The van der Waals surface area contributed by atoms with Gasteiger partial charge in [-0.3, -0.25) is 4.57 Å². The second-order valence-corrected chi connectivity index (χ2v) is 5.55. The lowest BCUT2D eigenvalue weighted by molar-refractivity contribution is -0.137. The van der Waals surface area contributed by atoms with E-state index in [4.69, 9.17) is 15.2 Å². The molecule has 0 unspecified atom stereocenters. The van der Waals surface area contributed by atoms with Crippen molar-refractivity contribution in [3.63, 3.8) is 0 Å². The van der Waals surface area contributed by atoms with Gasteiger partial charge in [0.2, 0.25) is 0 Å². The molecule has 10 nitrogen and oxygen atoms in total. The van der Waals surface area contributed by atoms with Gasteiger partial charge < -0.3 is 25.4 Å². The van der Waals surface area contributed by atoms with Crippen LogP contribution in [0.15, 0.2) is 37.0 Å². The fourth-order valence-electron chi connectivity index (χ4n) is 2.63. The van der Waals surface area contributed by atoms with E-state index in [1.807, 2.05) is 0 Å². The van der Waals surface area contributed by atoms with Gasteiger partial charge in [-0.25, -0.2) is 19.7 Å². The maximum absolute atomic E-state index is 11.2. The summed E-state index contributed by atoms with van der Waals surface area (Å²) in [5.74, 6) is -0.257. The molecule has 1 aliphatic rings. The number of nitrogens with zero attached hydrogens (tertiary/aromatic N) is 4. The molecule has 2 aromatic heterocycles. The van der Waals surface area contributed by atoms with Crippen LogP contribution in [0.4, 0.5) is 5.82 Å². The lowest BCUT2D eigenvalue weighted by Crippen LogP contribution is -2.30. The maximum atomic E-state index is 11.2. The summed E-state index contributed by atoms with van der Waals surface area (Å²) in [5, 5.41) is 20.5. The van der Waals surface area contributed by atoms with Crippen molar-refractivity contribution in [1.29, 1.82) is 0 Å². The molecular weight excluding hydrogens is 342 g/mol. The summed E-state index contributed by atoms with van der Waals surface area (Å²) < 4.78 is 12.0. The highest BCUT2D eigenvalue weighted by Crippen LogP contribution is 2.32. The first-order valence-electron chi connectivity index (χ1n) is 7.99. The van der Waals surface area contributed by atoms with Crippen molar-refractivity contribution in [2.24, 2.45) is 0 Å². The molecule has 0 aliphatic carbocycles. The van der Waals surface area contributed by atoms with Gasteiger partial charge >= 0.3 is 5.97 Å². The topological polar surface area (TPSA) is 146 Å². The van der Waals surface area contributed by atoms with Crippen LogP contribution >= 0.6 is 0 Å². The zero-order valence-corrected chi connectivity index (χ0v) is 14.0. The van der Waals surface area contributed by atoms with E-state index in [0.717, 1.165) is 0 Å². The maximum Gasteiger partial charge on any atom is 0.330 e. The number of aliphatic hydroxyl groups is 2. The first-order valence-corrected chi connectivity index (χ1v) is 7.99. The summed E-state index contributed by atoms with van der Waals surface area (Å²) in [6.07, 6.45) is 4.45. The van der Waals surface area contributed by atoms with Gasteiger partial charge in [-0.05, 0) is 6.92 Å². The predicted octanol–water partition coefficient (Wildman–Crippen LogP) is -0.297. The minimum absolute atomic E-state index is 0.210. The molecule has 2 aromatic rings. The van der Waals surface area contributed by atoms with E-state index in [-0.39, 0.29) is 12.4 Å². The van der Waals surface area contributed by atoms with E-state index in [2.05, 4.69) is 15.0 Å². The Morgan fingerprint density at radius 2 is 2.15 bits per heavy atom. The van der Waals surface area contributed by atoms with Crippen LogP contribution in [0.2, 0.25) is 0 Å². The number of anilines is 1. The molecule has 26 heavy (non-hydrogen) atoms. The standard InChI is InChI=1S/C16H19N5O5/c1-2-25-10(22)6-4-3-5-9-12(23)13(24)16(26-9)21-8-20-11-14(17)18-7-19-15(11)21/h3-9,12-13,16,23-24H,2H2,1H3,(H2,17,18,19)/b5-3-,6-4+/t9-,12-,13-,16-/m1/s1. The molecule has 1 fully saturated rings. The molecule has 138 valence electrons. The zero-order valence-electron chi connectivity index (χ0n) is 14.0. The minimum Gasteiger partial charge on any atom is -0.463 e. The molecule has 3 heterocycles. The lowest BCUT2D eigenvalue weighted by Gasteiger charge is -2.16. The lowest BCUT2D eigenvalue weighted by atomic mass is 10.1. The number of nitrogens with two attached hydrogens (primary N) is 1. The molecule has 0 radical (unpaired) electrons. The highest BCUT2D eigenvalue weighted by molar-refractivity contribution is 5.82. The second-order valence-electron chi connectivity index (χ2n) is 5.55. The van der Waals surface area contributed by atoms with Crippen molar-refractivity contribution in [2.45, 2.75) is 31.5 Å². The van der Waals surface area contributed by atoms with Gasteiger partial charge in [-0.2, -0.15) is 0 Å². The van der Waals surface area contributed by atoms with Gasteiger partial charge in [0.15, 0.2) is 17.7 Å². The number of carbonyl (C=O) groups excluding carboxylic acids is 1. The second kappa shape index (κ2) is 7.60. The smallest absolute Gasteiger partial charge is 0.330 e. The normalized spacial score (nSPS) is 26.3. The van der Waals surface area contributed by atoms with Crippen molar-refractivity contribution in [2.75, 3.05) is 12.3 Å². The number of hydrogen-bond acceptors (Lipinski definition) is 9. The Balaban J connectivity index is 1.75. The van der Waals surface area contributed by atoms with Gasteiger partial charge in [-0.1, -0.05) is 18.2 Å². The van der Waals surface area contributed by atoms with Crippen molar-refractivity contribution in [3.05, 3.63) is 37.0 Å². The first kappa shape index (κ1) is 18.0. The van der Waals surface area contributed by atoms with E-state index in [1.54, 1.807) is 6.92 Å². The molecule has 4 N–H and O–H groups in total. The number of carbonyl (C=O) groups is 1. The minimum atomic E-state index is -1.20. The van der Waals surface area contributed by atoms with Gasteiger partial charge in [0, 0.05) is 6.08 Å². The van der Waals surface area contributed by atoms with E-state index < -0.39 is 30.5 Å². The number of esters is 1. The highest BCUT2D eigenvalue weighted by atomic mass is 16.6. The number of nitrogen functional groups attached to an aromatic ring is 1. The van der Waals surface area contributed by atoms with Crippen molar-refractivity contribution < 1.29 is 24.5 Å². The third-order valence-electron chi connectivity index (χ3n) is 3.87. The predicted molar refractivity (Wildman–Crippen MR) is 90.6 cm³/mol. The third-order valence-corrected chi connectivity index (χ3v) is 3.87. The molecule has 1 saturated heterocycles. The van der Waals surface area contributed by atoms with Crippen LogP contribution in [-0.4, -0.2) is 60.6 Å². The average Bonchev–Trinajstić information content (AvgIpc) is 3.16. The molecule has 0 saturated carbocycles. The molecule has 1 aliphatic heterocycles. The molecule has 10 heteroatoms. The Morgan fingerprint density at radius 3 is 2.92 bits per heavy atom. The fraction of sp³-hybridized carbons (Fsp3) is 0.375. The summed E-state index contributed by atoms with van der Waals surface area (Å²) in [4.78, 5) is 23.3. The molecule has 3 rings (SSSR count). The number of aromatic nitrogens is 4. The largest absolute Gasteiger partial charge is 0.463 e. The number of fused-ring (bicyclic) bond motifs is 1. The van der Waals surface area contributed by atoms with E-state index in [9.17, 15) is 15.0 Å². The summed E-state index contributed by atoms with van der Waals surface area (Å²) in [6.45, 7) is 2.00. The Bertz CT molecular complexity index is 849. The molecule has 0 bridgehead atoms. The SMILES string of the molecule is CCOC(=O)/C=C/C=C\[C@H]1O[C@@H](n2cnc3c(N)ncnc32)[C@H](O)[C@@H]1O. The summed E-state index contributed by atoms with van der Waals surface area (Å²) in [5.41, 5.74) is 6.52. The van der Waals surface area contributed by atoms with Crippen LogP contribution in [-0.2, 0) is 14.3 Å². The molecule has 0 spiro atoms. The number of aliphatic hydroxyl groups excluding tert-OH is 2. The zero-order chi connectivity index (χ0) is 18.7.